The first-order valence-corrected chi connectivity index (χ1v) is 14.5. The lowest BCUT2D eigenvalue weighted by atomic mass is 9.91. The van der Waals surface area contributed by atoms with Crippen molar-refractivity contribution in [2.24, 2.45) is 11.8 Å². The molecule has 3 heteroatoms. The molecule has 0 aliphatic heterocycles. The average Bonchev–Trinajstić information content (AvgIpc) is 3.10. The molecule has 0 amide bonds. The molecule has 27 heavy (non-hydrogen) atoms. The molecule has 0 radical (unpaired) electrons. The van der Waals surface area contributed by atoms with E-state index in [-0.39, 0.29) is 7.92 Å². The van der Waals surface area contributed by atoms with E-state index in [1.54, 1.807) is 0 Å². The van der Waals surface area contributed by atoms with Gasteiger partial charge in [0.25, 0.3) is 0 Å². The van der Waals surface area contributed by atoms with Crippen molar-refractivity contribution in [1.82, 2.24) is 4.98 Å². The molecule has 1 fully saturated rings. The van der Waals surface area contributed by atoms with Gasteiger partial charge in [0.1, 0.15) is 8.24 Å². The van der Waals surface area contributed by atoms with Gasteiger partial charge in [0, 0.05) is 0 Å². The Morgan fingerprint density at radius 1 is 0.815 bits per heavy atom. The second-order valence-corrected chi connectivity index (χ2v) is 15.5. The summed E-state index contributed by atoms with van der Waals surface area (Å²) in [6.07, 6.45) is 10.9. The minimum Gasteiger partial charge on any atom is -0.340 e. The van der Waals surface area contributed by atoms with Gasteiger partial charge in [-0.1, -0.05) is 98.1 Å². The van der Waals surface area contributed by atoms with Gasteiger partial charge in [-0.3, -0.25) is 0 Å². The van der Waals surface area contributed by atoms with Crippen molar-refractivity contribution in [3.8, 4) is 0 Å². The topological polar surface area (TPSA) is 12.0 Å². The Labute approximate surface area is 166 Å². The van der Waals surface area contributed by atoms with Crippen LogP contribution in [0.3, 0.4) is 0 Å². The lowest BCUT2D eigenvalue weighted by molar-refractivity contribution is 0.546. The van der Waals surface area contributed by atoms with Gasteiger partial charge in [0.15, 0.2) is 0 Å². The molecule has 0 spiro atoms. The second-order valence-electron chi connectivity index (χ2n) is 8.35. The summed E-state index contributed by atoms with van der Waals surface area (Å²) >= 11 is 0. The molecule has 1 saturated carbocycles. The summed E-state index contributed by atoms with van der Waals surface area (Å²) in [5, 5.41) is 3.05. The highest BCUT2D eigenvalue weighted by atomic mass is 31.1. The highest BCUT2D eigenvalue weighted by Gasteiger charge is 2.50. The lowest BCUT2D eigenvalue weighted by Crippen LogP contribution is -2.48. The fourth-order valence-electron chi connectivity index (χ4n) is 4.95. The summed E-state index contributed by atoms with van der Waals surface area (Å²) in [5.41, 5.74) is 1.50. The highest BCUT2D eigenvalue weighted by Crippen LogP contribution is 2.59. The van der Waals surface area contributed by atoms with E-state index in [1.807, 2.05) is 0 Å². The van der Waals surface area contributed by atoms with E-state index in [0.29, 0.717) is 17.5 Å². The van der Waals surface area contributed by atoms with Crippen LogP contribution in [0.25, 0.3) is 0 Å². The first kappa shape index (κ1) is 18.9. The Hall–Kier alpha value is -1.47. The summed E-state index contributed by atoms with van der Waals surface area (Å²) in [6.45, 7) is 5.02. The standard InChI is InChI=1S/C24H30NPSi/c1-25-27(2,3)24-18-23(21-16-10-11-17-22(21)24)26(19-12-6-4-7-13-19)20-14-8-5-9-15-20/h4-17,21-25H,18H2,1-3H3. The zero-order valence-corrected chi connectivity index (χ0v) is 18.4. The van der Waals surface area contributed by atoms with Gasteiger partial charge in [0.2, 0.25) is 0 Å². The summed E-state index contributed by atoms with van der Waals surface area (Å²) in [5.74, 6) is 1.35. The lowest BCUT2D eigenvalue weighted by Gasteiger charge is -2.34. The molecule has 0 bridgehead atoms. The quantitative estimate of drug-likeness (QED) is 0.556. The second kappa shape index (κ2) is 7.87. The largest absolute Gasteiger partial charge is 0.340 e. The Balaban J connectivity index is 1.78. The molecular weight excluding hydrogens is 361 g/mol. The molecule has 2 aliphatic rings. The molecule has 4 unspecified atom stereocenters. The molecule has 0 heterocycles. The number of hydrogen-bond acceptors (Lipinski definition) is 1. The van der Waals surface area contributed by atoms with Crippen molar-refractivity contribution in [3.05, 3.63) is 85.0 Å². The molecular formula is C24H30NPSi. The Morgan fingerprint density at radius 3 is 1.85 bits per heavy atom. The van der Waals surface area contributed by atoms with Crippen LogP contribution in [0, 0.1) is 11.8 Å². The molecule has 4 rings (SSSR count). The smallest absolute Gasteiger partial charge is 0.122 e. The zero-order valence-electron chi connectivity index (χ0n) is 16.5. The molecule has 1 nitrogen and oxygen atoms in total. The maximum atomic E-state index is 3.74. The predicted octanol–water partition coefficient (Wildman–Crippen LogP) is 5.04. The third-order valence-electron chi connectivity index (χ3n) is 6.60. The van der Waals surface area contributed by atoms with E-state index in [0.717, 1.165) is 5.54 Å². The van der Waals surface area contributed by atoms with Crippen molar-refractivity contribution in [3.63, 3.8) is 0 Å². The Bertz CT molecular complexity index is 775. The van der Waals surface area contributed by atoms with Crippen LogP contribution in [0.1, 0.15) is 6.42 Å². The number of fused-ring (bicyclic) bond motifs is 1. The van der Waals surface area contributed by atoms with Gasteiger partial charge >= 0.3 is 0 Å². The molecule has 1 N–H and O–H groups in total. The monoisotopic (exact) mass is 391 g/mol. The third kappa shape index (κ3) is 3.63. The van der Waals surface area contributed by atoms with Crippen molar-refractivity contribution < 1.29 is 0 Å². The predicted molar refractivity (Wildman–Crippen MR) is 123 cm³/mol. The molecule has 0 saturated heterocycles. The van der Waals surface area contributed by atoms with E-state index >= 15 is 0 Å². The summed E-state index contributed by atoms with van der Waals surface area (Å²) < 4.78 is 0. The number of hydrogen-bond donors (Lipinski definition) is 1. The number of nitrogens with one attached hydrogen (secondary N) is 1. The molecule has 2 aliphatic carbocycles. The summed E-state index contributed by atoms with van der Waals surface area (Å²) in [6, 6.07) is 22.5. The van der Waals surface area contributed by atoms with Crippen LogP contribution in [0.15, 0.2) is 85.0 Å². The van der Waals surface area contributed by atoms with Crippen LogP contribution in [0.2, 0.25) is 18.6 Å². The molecule has 4 atom stereocenters. The highest BCUT2D eigenvalue weighted by molar-refractivity contribution is 7.73. The maximum Gasteiger partial charge on any atom is 0.122 e. The first-order chi connectivity index (χ1) is 13.1. The summed E-state index contributed by atoms with van der Waals surface area (Å²) in [7, 11) is 0.343. The van der Waals surface area contributed by atoms with Crippen LogP contribution in [-0.4, -0.2) is 20.9 Å². The van der Waals surface area contributed by atoms with Gasteiger partial charge in [-0.15, -0.1) is 0 Å². The van der Waals surface area contributed by atoms with Crippen LogP contribution >= 0.6 is 7.92 Å². The zero-order chi connectivity index (χ0) is 18.9. The normalized spacial score (nSPS) is 27.1. The van der Waals surface area contributed by atoms with E-state index in [2.05, 4.69) is 110 Å². The SMILES string of the molecule is CN[Si](C)(C)C1CC(P(c2ccccc2)c2ccccc2)C2C=CC=CC21. The number of allylic oxidation sites excluding steroid dienone is 4. The summed E-state index contributed by atoms with van der Waals surface area (Å²) in [4.78, 5) is 3.74. The van der Waals surface area contributed by atoms with Crippen LogP contribution in [-0.2, 0) is 0 Å². The van der Waals surface area contributed by atoms with E-state index < -0.39 is 8.24 Å². The fraction of sp³-hybridized carbons (Fsp3) is 0.333. The molecule has 0 aromatic heterocycles. The van der Waals surface area contributed by atoms with E-state index in [9.17, 15) is 0 Å². The van der Waals surface area contributed by atoms with Gasteiger partial charge < -0.3 is 4.98 Å². The minimum absolute atomic E-state index is 0.365. The van der Waals surface area contributed by atoms with Gasteiger partial charge in [-0.05, 0) is 55.0 Å². The Kier molecular flexibility index (Phi) is 5.50. The first-order valence-electron chi connectivity index (χ1n) is 10.0. The van der Waals surface area contributed by atoms with Crippen molar-refractivity contribution in [2.45, 2.75) is 30.7 Å². The van der Waals surface area contributed by atoms with Crippen molar-refractivity contribution in [1.29, 1.82) is 0 Å². The van der Waals surface area contributed by atoms with E-state index in [1.165, 1.54) is 17.0 Å². The van der Waals surface area contributed by atoms with Crippen LogP contribution in [0.4, 0.5) is 0 Å². The fourth-order valence-corrected chi connectivity index (χ4v) is 10.8. The Morgan fingerprint density at radius 2 is 1.33 bits per heavy atom. The number of rotatable bonds is 5. The van der Waals surface area contributed by atoms with Crippen molar-refractivity contribution in [2.75, 3.05) is 7.05 Å². The average molecular weight is 392 g/mol. The van der Waals surface area contributed by atoms with Crippen LogP contribution < -0.4 is 15.6 Å². The molecule has 140 valence electrons. The van der Waals surface area contributed by atoms with Gasteiger partial charge in [0.05, 0.1) is 0 Å². The molecule has 2 aromatic carbocycles. The van der Waals surface area contributed by atoms with E-state index in [4.69, 9.17) is 0 Å². The van der Waals surface area contributed by atoms with Gasteiger partial charge in [-0.25, -0.2) is 0 Å². The van der Waals surface area contributed by atoms with Crippen molar-refractivity contribution >= 4 is 26.8 Å². The maximum absolute atomic E-state index is 3.74. The molecule has 2 aromatic rings. The van der Waals surface area contributed by atoms with Crippen LogP contribution in [0.5, 0.6) is 0 Å². The third-order valence-corrected chi connectivity index (χ3v) is 13.3. The van der Waals surface area contributed by atoms with Gasteiger partial charge in [-0.2, -0.15) is 0 Å². The minimum atomic E-state index is -1.47. The number of benzene rings is 2.